The standard InChI is InChI=1S/C23H29N3O2/c1-4-5-11-25-13-10-24-22(25)18-7-6-12-26(15-18)23(27)21-17(3)19-14-16(2)8-9-20(19)28-21/h8-10,13-14,18H,4-7,11-12,15H2,1-3H3. The van der Waals surface area contributed by atoms with E-state index in [-0.39, 0.29) is 11.8 Å². The maximum atomic E-state index is 13.3. The molecule has 1 saturated heterocycles. The maximum Gasteiger partial charge on any atom is 0.289 e. The zero-order chi connectivity index (χ0) is 19.7. The zero-order valence-electron chi connectivity index (χ0n) is 17.1. The lowest BCUT2D eigenvalue weighted by Crippen LogP contribution is -2.39. The number of furan rings is 1. The molecule has 1 aliphatic heterocycles. The molecule has 148 valence electrons. The van der Waals surface area contributed by atoms with Gasteiger partial charge in [0.2, 0.25) is 0 Å². The number of aromatic nitrogens is 2. The number of likely N-dealkylation sites (tertiary alicyclic amines) is 1. The molecular formula is C23H29N3O2. The van der Waals surface area contributed by atoms with Crippen molar-refractivity contribution >= 4 is 16.9 Å². The minimum absolute atomic E-state index is 0.00252. The van der Waals surface area contributed by atoms with Crippen LogP contribution in [0.2, 0.25) is 0 Å². The third kappa shape index (κ3) is 3.46. The van der Waals surface area contributed by atoms with Crippen molar-refractivity contribution in [3.05, 3.63) is 53.3 Å². The molecule has 3 heterocycles. The van der Waals surface area contributed by atoms with Gasteiger partial charge in [-0.1, -0.05) is 25.0 Å². The van der Waals surface area contributed by atoms with Gasteiger partial charge in [0.1, 0.15) is 11.4 Å². The van der Waals surface area contributed by atoms with E-state index < -0.39 is 0 Å². The van der Waals surface area contributed by atoms with Crippen LogP contribution < -0.4 is 0 Å². The number of hydrogen-bond donors (Lipinski definition) is 0. The molecule has 28 heavy (non-hydrogen) atoms. The molecule has 1 atom stereocenters. The fourth-order valence-electron chi connectivity index (χ4n) is 4.25. The highest BCUT2D eigenvalue weighted by Gasteiger charge is 2.30. The van der Waals surface area contributed by atoms with Crippen LogP contribution >= 0.6 is 0 Å². The molecule has 0 aliphatic carbocycles. The minimum atomic E-state index is 0.00252. The van der Waals surface area contributed by atoms with Gasteiger partial charge in [0, 0.05) is 48.9 Å². The summed E-state index contributed by atoms with van der Waals surface area (Å²) >= 11 is 0. The molecule has 1 fully saturated rings. The molecule has 1 amide bonds. The molecule has 3 aromatic rings. The van der Waals surface area contributed by atoms with Gasteiger partial charge in [-0.3, -0.25) is 4.79 Å². The Morgan fingerprint density at radius 1 is 1.32 bits per heavy atom. The Balaban J connectivity index is 1.56. The van der Waals surface area contributed by atoms with Crippen molar-refractivity contribution in [3.63, 3.8) is 0 Å². The number of carbonyl (C=O) groups excluding carboxylic acids is 1. The Morgan fingerprint density at radius 3 is 3.00 bits per heavy atom. The maximum absolute atomic E-state index is 13.3. The van der Waals surface area contributed by atoms with Crippen molar-refractivity contribution in [2.45, 2.75) is 58.9 Å². The third-order valence-corrected chi connectivity index (χ3v) is 5.86. The van der Waals surface area contributed by atoms with Crippen molar-refractivity contribution in [1.29, 1.82) is 0 Å². The van der Waals surface area contributed by atoms with Crippen LogP contribution in [0.15, 0.2) is 35.0 Å². The number of piperidine rings is 1. The fraction of sp³-hybridized carbons (Fsp3) is 0.478. The predicted octanol–water partition coefficient (Wildman–Crippen LogP) is 5.07. The van der Waals surface area contributed by atoms with Crippen LogP contribution in [0.1, 0.15) is 66.0 Å². The lowest BCUT2D eigenvalue weighted by atomic mass is 9.96. The second-order valence-electron chi connectivity index (χ2n) is 7.98. The number of unbranched alkanes of at least 4 members (excludes halogenated alkanes) is 1. The van der Waals surface area contributed by atoms with E-state index in [1.165, 1.54) is 5.56 Å². The van der Waals surface area contributed by atoms with Gasteiger partial charge in [0.05, 0.1) is 0 Å². The average Bonchev–Trinajstić information content (AvgIpc) is 3.31. The molecule has 0 saturated carbocycles. The molecule has 4 rings (SSSR count). The predicted molar refractivity (Wildman–Crippen MR) is 111 cm³/mol. The van der Waals surface area contributed by atoms with E-state index in [0.717, 1.165) is 61.1 Å². The molecule has 2 aromatic heterocycles. The summed E-state index contributed by atoms with van der Waals surface area (Å²) in [6.45, 7) is 8.73. The Morgan fingerprint density at radius 2 is 2.18 bits per heavy atom. The number of nitrogens with zero attached hydrogens (tertiary/aromatic N) is 3. The number of amides is 1. The van der Waals surface area contributed by atoms with Crippen LogP contribution in [-0.2, 0) is 6.54 Å². The smallest absolute Gasteiger partial charge is 0.289 e. The van der Waals surface area contributed by atoms with Crippen molar-refractivity contribution in [2.24, 2.45) is 0 Å². The molecule has 0 N–H and O–H groups in total. The van der Waals surface area contributed by atoms with E-state index in [9.17, 15) is 4.79 Å². The third-order valence-electron chi connectivity index (χ3n) is 5.86. The van der Waals surface area contributed by atoms with Gasteiger partial charge in [-0.2, -0.15) is 0 Å². The summed E-state index contributed by atoms with van der Waals surface area (Å²) in [6, 6.07) is 6.07. The van der Waals surface area contributed by atoms with Gasteiger partial charge in [0.15, 0.2) is 5.76 Å². The molecule has 5 heteroatoms. The number of fused-ring (bicyclic) bond motifs is 1. The first kappa shape index (κ1) is 18.8. The lowest BCUT2D eigenvalue weighted by Gasteiger charge is -2.32. The van der Waals surface area contributed by atoms with E-state index in [1.807, 2.05) is 30.2 Å². The number of benzene rings is 1. The molecular weight excluding hydrogens is 350 g/mol. The van der Waals surface area contributed by atoms with Gasteiger partial charge in [-0.15, -0.1) is 0 Å². The Hall–Kier alpha value is -2.56. The monoisotopic (exact) mass is 379 g/mol. The van der Waals surface area contributed by atoms with Crippen molar-refractivity contribution in [3.8, 4) is 0 Å². The second-order valence-corrected chi connectivity index (χ2v) is 7.98. The second kappa shape index (κ2) is 7.82. The fourth-order valence-corrected chi connectivity index (χ4v) is 4.25. The minimum Gasteiger partial charge on any atom is -0.451 e. The Labute approximate surface area is 166 Å². The van der Waals surface area contributed by atoms with Crippen LogP contribution in [0, 0.1) is 13.8 Å². The van der Waals surface area contributed by atoms with Crippen LogP contribution in [0.25, 0.3) is 11.0 Å². The highest BCUT2D eigenvalue weighted by molar-refractivity contribution is 5.99. The number of rotatable bonds is 5. The Bertz CT molecular complexity index is 985. The van der Waals surface area contributed by atoms with Gasteiger partial charge in [-0.05, 0) is 45.2 Å². The molecule has 0 bridgehead atoms. The number of hydrogen-bond acceptors (Lipinski definition) is 3. The molecule has 1 aromatic carbocycles. The van der Waals surface area contributed by atoms with Crippen molar-refractivity contribution in [2.75, 3.05) is 13.1 Å². The lowest BCUT2D eigenvalue weighted by molar-refractivity contribution is 0.0672. The highest BCUT2D eigenvalue weighted by Crippen LogP contribution is 2.30. The summed E-state index contributed by atoms with van der Waals surface area (Å²) in [4.78, 5) is 19.8. The van der Waals surface area contributed by atoms with Crippen LogP contribution in [0.4, 0.5) is 0 Å². The summed E-state index contributed by atoms with van der Waals surface area (Å²) < 4.78 is 8.22. The Kier molecular flexibility index (Phi) is 5.25. The summed E-state index contributed by atoms with van der Waals surface area (Å²) in [5, 5.41) is 1.03. The normalized spacial score (nSPS) is 17.4. The van der Waals surface area contributed by atoms with Crippen LogP contribution in [0.3, 0.4) is 0 Å². The summed E-state index contributed by atoms with van der Waals surface area (Å²) in [7, 11) is 0. The average molecular weight is 380 g/mol. The van der Waals surface area contributed by atoms with E-state index in [0.29, 0.717) is 12.3 Å². The largest absolute Gasteiger partial charge is 0.451 e. The zero-order valence-corrected chi connectivity index (χ0v) is 17.1. The summed E-state index contributed by atoms with van der Waals surface area (Å²) in [6.07, 6.45) is 8.34. The van der Waals surface area contributed by atoms with E-state index >= 15 is 0 Å². The first-order valence-electron chi connectivity index (χ1n) is 10.4. The highest BCUT2D eigenvalue weighted by atomic mass is 16.3. The number of carbonyl (C=O) groups is 1. The van der Waals surface area contributed by atoms with Gasteiger partial charge in [0.25, 0.3) is 5.91 Å². The number of aryl methyl sites for hydroxylation is 3. The van der Waals surface area contributed by atoms with Crippen LogP contribution in [-0.4, -0.2) is 33.4 Å². The quantitative estimate of drug-likeness (QED) is 0.622. The van der Waals surface area contributed by atoms with E-state index in [1.54, 1.807) is 0 Å². The van der Waals surface area contributed by atoms with Crippen molar-refractivity contribution < 1.29 is 9.21 Å². The first-order valence-corrected chi connectivity index (χ1v) is 10.4. The molecule has 5 nitrogen and oxygen atoms in total. The molecule has 1 aliphatic rings. The molecule has 0 radical (unpaired) electrons. The summed E-state index contributed by atoms with van der Waals surface area (Å²) in [5.41, 5.74) is 2.90. The van der Waals surface area contributed by atoms with E-state index in [2.05, 4.69) is 35.7 Å². The summed E-state index contributed by atoms with van der Waals surface area (Å²) in [5.74, 6) is 1.89. The molecule has 0 spiro atoms. The van der Waals surface area contributed by atoms with Crippen LogP contribution in [0.5, 0.6) is 0 Å². The number of imidazole rings is 1. The molecule has 1 unspecified atom stereocenters. The SMILES string of the molecule is CCCCn1ccnc1C1CCCN(C(=O)c2oc3ccc(C)cc3c2C)C1. The van der Waals surface area contributed by atoms with Gasteiger partial charge >= 0.3 is 0 Å². The van der Waals surface area contributed by atoms with Gasteiger partial charge in [-0.25, -0.2) is 4.98 Å². The topological polar surface area (TPSA) is 51.3 Å². The van der Waals surface area contributed by atoms with Crippen molar-refractivity contribution in [1.82, 2.24) is 14.5 Å². The van der Waals surface area contributed by atoms with Gasteiger partial charge < -0.3 is 13.9 Å². The first-order chi connectivity index (χ1) is 13.6. The van der Waals surface area contributed by atoms with E-state index in [4.69, 9.17) is 4.42 Å².